The van der Waals surface area contributed by atoms with Crippen LogP contribution in [-0.2, 0) is 19.2 Å². The molecule has 1 aliphatic heterocycles. The Balaban J connectivity index is 2.88. The Morgan fingerprint density at radius 3 is 2.33 bits per heavy atom. The van der Waals surface area contributed by atoms with Crippen molar-refractivity contribution in [1.82, 2.24) is 15.5 Å². The highest BCUT2D eigenvalue weighted by atomic mass is 16.4. The molecule has 1 fully saturated rings. The van der Waals surface area contributed by atoms with Crippen LogP contribution in [0.4, 0.5) is 0 Å². The van der Waals surface area contributed by atoms with Crippen LogP contribution in [0.5, 0.6) is 0 Å². The van der Waals surface area contributed by atoms with Crippen LogP contribution in [0, 0.1) is 5.92 Å². The highest BCUT2D eigenvalue weighted by Gasteiger charge is 2.38. The molecule has 0 radical (unpaired) electrons. The van der Waals surface area contributed by atoms with E-state index in [1.54, 1.807) is 0 Å². The number of likely N-dealkylation sites (tertiary alicyclic amines) is 1. The first-order valence-corrected chi connectivity index (χ1v) is 10.3. The number of aliphatic hydroxyl groups excluding tert-OH is 1. The molecular formula is C19H35N5O6. The molecule has 1 saturated heterocycles. The molecule has 4 unspecified atom stereocenters. The van der Waals surface area contributed by atoms with Crippen LogP contribution < -0.4 is 22.1 Å². The smallest absolute Gasteiger partial charge is 0.328 e. The lowest BCUT2D eigenvalue weighted by Crippen LogP contribution is -2.57. The number of unbranched alkanes of at least 4 members (excludes halogenated alkanes) is 1. The maximum Gasteiger partial charge on any atom is 0.328 e. The summed E-state index contributed by atoms with van der Waals surface area (Å²) in [6.45, 7) is 3.70. The van der Waals surface area contributed by atoms with Crippen molar-refractivity contribution in [3.63, 3.8) is 0 Å². The summed E-state index contributed by atoms with van der Waals surface area (Å²) in [6, 6.07) is -3.93. The number of amides is 3. The molecule has 1 rings (SSSR count). The third-order valence-electron chi connectivity index (χ3n) is 5.22. The molecular weight excluding hydrogens is 394 g/mol. The van der Waals surface area contributed by atoms with Crippen molar-refractivity contribution in [1.29, 1.82) is 0 Å². The van der Waals surface area contributed by atoms with Gasteiger partial charge < -0.3 is 37.2 Å². The number of carbonyl (C=O) groups is 4. The second kappa shape index (κ2) is 12.5. The van der Waals surface area contributed by atoms with Gasteiger partial charge in [0.05, 0.1) is 12.6 Å². The fraction of sp³-hybridized carbons (Fsp3) is 0.789. The van der Waals surface area contributed by atoms with Crippen LogP contribution in [0.25, 0.3) is 0 Å². The number of carboxylic acids is 1. The molecule has 0 spiro atoms. The number of aliphatic hydroxyl groups is 1. The minimum Gasteiger partial charge on any atom is -0.480 e. The minimum atomic E-state index is -1.47. The van der Waals surface area contributed by atoms with Crippen LogP contribution in [0.3, 0.4) is 0 Å². The molecule has 3 amide bonds. The zero-order valence-electron chi connectivity index (χ0n) is 17.7. The Kier molecular flexibility index (Phi) is 10.7. The molecule has 0 bridgehead atoms. The second-order valence-corrected chi connectivity index (χ2v) is 7.89. The molecule has 1 aliphatic rings. The van der Waals surface area contributed by atoms with Gasteiger partial charge in [-0.1, -0.05) is 13.8 Å². The standard InChI is InChI=1S/C19H35N5O6/c1-11(2)15(21)18(28)24-9-5-7-14(24)17(27)22-12(6-3-4-8-20)16(26)23-13(10-25)19(29)30/h11-15,25H,3-10,20-21H2,1-2H3,(H,22,27)(H,23,26)(H,29,30). The lowest BCUT2D eigenvalue weighted by Gasteiger charge is -2.29. The molecule has 0 aromatic rings. The zero-order chi connectivity index (χ0) is 22.8. The quantitative estimate of drug-likeness (QED) is 0.195. The third-order valence-corrected chi connectivity index (χ3v) is 5.22. The van der Waals surface area contributed by atoms with Crippen molar-refractivity contribution in [3.05, 3.63) is 0 Å². The molecule has 0 aromatic heterocycles. The molecule has 4 atom stereocenters. The first-order valence-electron chi connectivity index (χ1n) is 10.3. The average Bonchev–Trinajstić information content (AvgIpc) is 3.19. The van der Waals surface area contributed by atoms with Gasteiger partial charge in [0.15, 0.2) is 0 Å². The van der Waals surface area contributed by atoms with Crippen LogP contribution in [0.1, 0.15) is 46.0 Å². The average molecular weight is 430 g/mol. The van der Waals surface area contributed by atoms with Gasteiger partial charge in [-0.2, -0.15) is 0 Å². The van der Waals surface area contributed by atoms with Crippen LogP contribution >= 0.6 is 0 Å². The van der Waals surface area contributed by atoms with Gasteiger partial charge in [0.2, 0.25) is 17.7 Å². The Hall–Kier alpha value is -2.24. The Bertz CT molecular complexity index is 614. The summed E-state index contributed by atoms with van der Waals surface area (Å²) < 4.78 is 0. The first kappa shape index (κ1) is 25.8. The normalized spacial score (nSPS) is 19.3. The van der Waals surface area contributed by atoms with Crippen LogP contribution in [-0.4, -0.2) is 82.7 Å². The predicted molar refractivity (Wildman–Crippen MR) is 109 cm³/mol. The molecule has 172 valence electrons. The molecule has 0 aromatic carbocycles. The largest absolute Gasteiger partial charge is 0.480 e. The Morgan fingerprint density at radius 2 is 1.80 bits per heavy atom. The highest BCUT2D eigenvalue weighted by molar-refractivity contribution is 5.94. The summed E-state index contributed by atoms with van der Waals surface area (Å²) in [5, 5.41) is 23.0. The maximum atomic E-state index is 12.9. The van der Waals surface area contributed by atoms with E-state index >= 15 is 0 Å². The van der Waals surface area contributed by atoms with Gasteiger partial charge in [-0.05, 0) is 44.6 Å². The summed E-state index contributed by atoms with van der Waals surface area (Å²) >= 11 is 0. The molecule has 1 heterocycles. The predicted octanol–water partition coefficient (Wildman–Crippen LogP) is -1.86. The van der Waals surface area contributed by atoms with E-state index in [1.807, 2.05) is 13.8 Å². The van der Waals surface area contributed by atoms with E-state index in [0.29, 0.717) is 38.8 Å². The van der Waals surface area contributed by atoms with Crippen molar-refractivity contribution in [3.8, 4) is 0 Å². The van der Waals surface area contributed by atoms with Gasteiger partial charge in [-0.15, -0.1) is 0 Å². The van der Waals surface area contributed by atoms with E-state index in [1.165, 1.54) is 4.90 Å². The Labute approximate surface area is 176 Å². The van der Waals surface area contributed by atoms with Crippen molar-refractivity contribution >= 4 is 23.7 Å². The van der Waals surface area contributed by atoms with Crippen LogP contribution in [0.15, 0.2) is 0 Å². The number of carboxylic acid groups (broad SMARTS) is 1. The summed E-state index contributed by atoms with van der Waals surface area (Å²) in [7, 11) is 0. The number of hydrogen-bond acceptors (Lipinski definition) is 7. The topological polar surface area (TPSA) is 188 Å². The fourth-order valence-electron chi connectivity index (χ4n) is 3.27. The SMILES string of the molecule is CC(C)C(N)C(=O)N1CCCC1C(=O)NC(CCCCN)C(=O)NC(CO)C(=O)O. The minimum absolute atomic E-state index is 0.0805. The van der Waals surface area contributed by atoms with Crippen molar-refractivity contribution in [2.75, 3.05) is 19.7 Å². The van der Waals surface area contributed by atoms with Gasteiger partial charge in [-0.3, -0.25) is 14.4 Å². The number of aliphatic carboxylic acids is 1. The second-order valence-electron chi connectivity index (χ2n) is 7.89. The van der Waals surface area contributed by atoms with Gasteiger partial charge >= 0.3 is 5.97 Å². The summed E-state index contributed by atoms with van der Waals surface area (Å²) in [6.07, 6.45) is 2.51. The fourth-order valence-corrected chi connectivity index (χ4v) is 3.27. The van der Waals surface area contributed by atoms with E-state index in [0.717, 1.165) is 0 Å². The van der Waals surface area contributed by atoms with Gasteiger partial charge in [0.1, 0.15) is 18.1 Å². The summed E-state index contributed by atoms with van der Waals surface area (Å²) in [4.78, 5) is 50.6. The number of nitrogens with two attached hydrogens (primary N) is 2. The van der Waals surface area contributed by atoms with Gasteiger partial charge in [0, 0.05) is 6.54 Å². The van der Waals surface area contributed by atoms with E-state index in [2.05, 4.69) is 10.6 Å². The number of nitrogens with one attached hydrogen (secondary N) is 2. The van der Waals surface area contributed by atoms with E-state index < -0.39 is 48.6 Å². The highest BCUT2D eigenvalue weighted by Crippen LogP contribution is 2.20. The molecule has 11 nitrogen and oxygen atoms in total. The lowest BCUT2D eigenvalue weighted by atomic mass is 10.0. The molecule has 0 saturated carbocycles. The molecule has 11 heteroatoms. The van der Waals surface area contributed by atoms with E-state index in [-0.39, 0.29) is 18.2 Å². The van der Waals surface area contributed by atoms with Crippen molar-refractivity contribution < 1.29 is 29.4 Å². The number of rotatable bonds is 12. The van der Waals surface area contributed by atoms with E-state index in [9.17, 15) is 19.2 Å². The third kappa shape index (κ3) is 7.22. The Morgan fingerprint density at radius 1 is 1.13 bits per heavy atom. The molecule has 0 aliphatic carbocycles. The lowest BCUT2D eigenvalue weighted by molar-refractivity contribution is -0.144. The van der Waals surface area contributed by atoms with Crippen LogP contribution in [0.2, 0.25) is 0 Å². The van der Waals surface area contributed by atoms with Crippen molar-refractivity contribution in [2.24, 2.45) is 17.4 Å². The monoisotopic (exact) mass is 429 g/mol. The first-order chi connectivity index (χ1) is 14.1. The number of nitrogens with zero attached hydrogens (tertiary/aromatic N) is 1. The number of hydrogen-bond donors (Lipinski definition) is 6. The molecule has 30 heavy (non-hydrogen) atoms. The number of carbonyl (C=O) groups excluding carboxylic acids is 3. The van der Waals surface area contributed by atoms with Gasteiger partial charge in [0.25, 0.3) is 0 Å². The van der Waals surface area contributed by atoms with Crippen molar-refractivity contribution in [2.45, 2.75) is 70.1 Å². The maximum absolute atomic E-state index is 12.9. The zero-order valence-corrected chi connectivity index (χ0v) is 17.7. The van der Waals surface area contributed by atoms with Gasteiger partial charge in [-0.25, -0.2) is 4.79 Å². The molecule has 8 N–H and O–H groups in total. The summed E-state index contributed by atoms with van der Waals surface area (Å²) in [5.74, 6) is -2.97. The van der Waals surface area contributed by atoms with E-state index in [4.69, 9.17) is 21.7 Å². The summed E-state index contributed by atoms with van der Waals surface area (Å²) in [5.41, 5.74) is 11.4.